The molecular weight excluding hydrogens is 323 g/mol. The molecule has 0 amide bonds. The quantitative estimate of drug-likeness (QED) is 0.860. The van der Waals surface area contributed by atoms with E-state index in [1.165, 1.54) is 6.07 Å². The molecule has 0 spiro atoms. The van der Waals surface area contributed by atoms with Crippen LogP contribution in [0, 0.1) is 0 Å². The van der Waals surface area contributed by atoms with Gasteiger partial charge in [-0.15, -0.1) is 0 Å². The summed E-state index contributed by atoms with van der Waals surface area (Å²) in [6.45, 7) is 2.60. The summed E-state index contributed by atoms with van der Waals surface area (Å²) < 4.78 is 44.1. The Kier molecular flexibility index (Phi) is 4.40. The van der Waals surface area contributed by atoms with E-state index >= 15 is 0 Å². The Hall–Kier alpha value is -0.750. The second-order valence-electron chi connectivity index (χ2n) is 4.74. The molecule has 1 N–H and O–H groups in total. The summed E-state index contributed by atoms with van der Waals surface area (Å²) in [5.41, 5.74) is -0.160. The van der Waals surface area contributed by atoms with Gasteiger partial charge in [-0.2, -0.15) is 13.2 Å². The molecule has 2 rings (SSSR count). The lowest BCUT2D eigenvalue weighted by Gasteiger charge is -2.29. The number of halogens is 4. The first-order chi connectivity index (χ1) is 8.86. The molecule has 2 unspecified atom stereocenters. The fraction of sp³-hybridized carbons (Fsp3) is 0.538. The second kappa shape index (κ2) is 5.71. The SMILES string of the molecule is CC1CC(Nc2cc(C(F)(F)F)ccc2Br)CCO1. The monoisotopic (exact) mass is 337 g/mol. The Bertz CT molecular complexity index is 450. The Morgan fingerprint density at radius 2 is 2.11 bits per heavy atom. The van der Waals surface area contributed by atoms with Crippen LogP contribution in [0.15, 0.2) is 22.7 Å². The summed E-state index contributed by atoms with van der Waals surface area (Å²) in [5, 5.41) is 3.17. The maximum Gasteiger partial charge on any atom is 0.416 e. The maximum atomic E-state index is 12.7. The predicted octanol–water partition coefficient (Wildman–Crippen LogP) is 4.45. The number of hydrogen-bond acceptors (Lipinski definition) is 2. The standard InChI is InChI=1S/C13H15BrF3NO/c1-8-6-10(4-5-19-8)18-12-7-9(13(15,16)17)2-3-11(12)14/h2-3,7-8,10,18H,4-6H2,1H3. The molecule has 1 aromatic carbocycles. The van der Waals surface area contributed by atoms with Crippen LogP contribution >= 0.6 is 15.9 Å². The van der Waals surface area contributed by atoms with Gasteiger partial charge in [0.15, 0.2) is 0 Å². The number of nitrogens with one attached hydrogen (secondary N) is 1. The molecule has 0 aromatic heterocycles. The molecular formula is C13H15BrF3NO. The predicted molar refractivity (Wildman–Crippen MR) is 71.2 cm³/mol. The fourth-order valence-corrected chi connectivity index (χ4v) is 2.52. The van der Waals surface area contributed by atoms with Gasteiger partial charge < -0.3 is 10.1 Å². The smallest absolute Gasteiger partial charge is 0.381 e. The highest BCUT2D eigenvalue weighted by molar-refractivity contribution is 9.10. The zero-order valence-corrected chi connectivity index (χ0v) is 12.0. The highest BCUT2D eigenvalue weighted by atomic mass is 79.9. The average molecular weight is 338 g/mol. The van der Waals surface area contributed by atoms with Crippen molar-refractivity contribution in [1.82, 2.24) is 0 Å². The molecule has 106 valence electrons. The summed E-state index contributed by atoms with van der Waals surface area (Å²) in [4.78, 5) is 0. The van der Waals surface area contributed by atoms with Crippen LogP contribution in [0.5, 0.6) is 0 Å². The Morgan fingerprint density at radius 1 is 1.37 bits per heavy atom. The van der Waals surface area contributed by atoms with Crippen LogP contribution < -0.4 is 5.32 Å². The largest absolute Gasteiger partial charge is 0.416 e. The number of hydrogen-bond donors (Lipinski definition) is 1. The Morgan fingerprint density at radius 3 is 2.74 bits per heavy atom. The first-order valence-corrected chi connectivity index (χ1v) is 6.90. The van der Waals surface area contributed by atoms with Gasteiger partial charge >= 0.3 is 6.18 Å². The van der Waals surface area contributed by atoms with E-state index in [-0.39, 0.29) is 12.1 Å². The molecule has 6 heteroatoms. The summed E-state index contributed by atoms with van der Waals surface area (Å²) >= 11 is 3.28. The van der Waals surface area contributed by atoms with Crippen molar-refractivity contribution < 1.29 is 17.9 Å². The van der Waals surface area contributed by atoms with Crippen molar-refractivity contribution >= 4 is 21.6 Å². The lowest BCUT2D eigenvalue weighted by atomic mass is 10.0. The van der Waals surface area contributed by atoms with E-state index in [4.69, 9.17) is 4.74 Å². The first kappa shape index (κ1) is 14.7. The van der Waals surface area contributed by atoms with E-state index in [9.17, 15) is 13.2 Å². The molecule has 1 heterocycles. The van der Waals surface area contributed by atoms with Gasteiger partial charge in [0.2, 0.25) is 0 Å². The van der Waals surface area contributed by atoms with Gasteiger partial charge in [0, 0.05) is 22.8 Å². The minimum atomic E-state index is -4.32. The number of benzene rings is 1. The van der Waals surface area contributed by atoms with Crippen LogP contribution in [-0.4, -0.2) is 18.8 Å². The van der Waals surface area contributed by atoms with Crippen molar-refractivity contribution in [3.63, 3.8) is 0 Å². The second-order valence-corrected chi connectivity index (χ2v) is 5.59. The lowest BCUT2D eigenvalue weighted by molar-refractivity contribution is -0.137. The molecule has 0 bridgehead atoms. The van der Waals surface area contributed by atoms with Gasteiger partial charge in [-0.3, -0.25) is 0 Å². The lowest BCUT2D eigenvalue weighted by Crippen LogP contribution is -2.32. The van der Waals surface area contributed by atoms with Crippen LogP contribution in [0.1, 0.15) is 25.3 Å². The molecule has 1 aliphatic heterocycles. The molecule has 0 saturated carbocycles. The van der Waals surface area contributed by atoms with Crippen LogP contribution in [0.25, 0.3) is 0 Å². The van der Waals surface area contributed by atoms with Gasteiger partial charge in [0.25, 0.3) is 0 Å². The molecule has 2 atom stereocenters. The number of alkyl halides is 3. The van der Waals surface area contributed by atoms with Crippen LogP contribution in [0.2, 0.25) is 0 Å². The molecule has 1 fully saturated rings. The third-order valence-electron chi connectivity index (χ3n) is 3.14. The molecule has 0 aliphatic carbocycles. The zero-order valence-electron chi connectivity index (χ0n) is 10.4. The molecule has 0 radical (unpaired) electrons. The topological polar surface area (TPSA) is 21.3 Å². The van der Waals surface area contributed by atoms with Gasteiger partial charge in [0.05, 0.1) is 11.7 Å². The number of anilines is 1. The van der Waals surface area contributed by atoms with E-state index in [1.807, 2.05) is 6.92 Å². The van der Waals surface area contributed by atoms with Gasteiger partial charge in [0.1, 0.15) is 0 Å². The molecule has 1 aromatic rings. The molecule has 1 aliphatic rings. The summed E-state index contributed by atoms with van der Waals surface area (Å²) in [6.07, 6.45) is -2.59. The van der Waals surface area contributed by atoms with Crippen molar-refractivity contribution in [2.24, 2.45) is 0 Å². The summed E-state index contributed by atoms with van der Waals surface area (Å²) in [5.74, 6) is 0. The minimum absolute atomic E-state index is 0.135. The molecule has 1 saturated heterocycles. The average Bonchev–Trinajstić information content (AvgIpc) is 2.30. The van der Waals surface area contributed by atoms with Crippen molar-refractivity contribution in [2.45, 2.75) is 38.1 Å². The van der Waals surface area contributed by atoms with E-state index in [1.54, 1.807) is 0 Å². The van der Waals surface area contributed by atoms with E-state index < -0.39 is 11.7 Å². The first-order valence-electron chi connectivity index (χ1n) is 6.11. The fourth-order valence-electron chi connectivity index (χ4n) is 2.16. The summed E-state index contributed by atoms with van der Waals surface area (Å²) in [7, 11) is 0. The van der Waals surface area contributed by atoms with E-state index in [2.05, 4.69) is 21.2 Å². The van der Waals surface area contributed by atoms with E-state index in [0.29, 0.717) is 16.8 Å². The molecule has 19 heavy (non-hydrogen) atoms. The van der Waals surface area contributed by atoms with Crippen molar-refractivity contribution in [3.8, 4) is 0 Å². The van der Waals surface area contributed by atoms with Crippen molar-refractivity contribution in [2.75, 3.05) is 11.9 Å². The van der Waals surface area contributed by atoms with E-state index in [0.717, 1.165) is 25.0 Å². The minimum Gasteiger partial charge on any atom is -0.381 e. The highest BCUT2D eigenvalue weighted by Gasteiger charge is 2.31. The number of rotatable bonds is 2. The maximum absolute atomic E-state index is 12.7. The third-order valence-corrected chi connectivity index (χ3v) is 3.83. The highest BCUT2D eigenvalue weighted by Crippen LogP contribution is 2.34. The van der Waals surface area contributed by atoms with Gasteiger partial charge in [-0.05, 0) is 53.9 Å². The summed E-state index contributed by atoms with van der Waals surface area (Å²) in [6, 6.07) is 3.78. The Balaban J connectivity index is 2.15. The molecule has 2 nitrogen and oxygen atoms in total. The van der Waals surface area contributed by atoms with Crippen LogP contribution in [0.4, 0.5) is 18.9 Å². The number of ether oxygens (including phenoxy) is 1. The third kappa shape index (κ3) is 3.86. The zero-order chi connectivity index (χ0) is 14.0. The van der Waals surface area contributed by atoms with Gasteiger partial charge in [-0.1, -0.05) is 0 Å². The Labute approximate surface area is 118 Å². The van der Waals surface area contributed by atoms with Crippen LogP contribution in [-0.2, 0) is 10.9 Å². The van der Waals surface area contributed by atoms with Crippen molar-refractivity contribution in [3.05, 3.63) is 28.2 Å². The van der Waals surface area contributed by atoms with Crippen LogP contribution in [0.3, 0.4) is 0 Å². The normalized spacial score (nSPS) is 24.3. The van der Waals surface area contributed by atoms with Gasteiger partial charge in [-0.25, -0.2) is 0 Å². The van der Waals surface area contributed by atoms with Crippen molar-refractivity contribution in [1.29, 1.82) is 0 Å².